The predicted molar refractivity (Wildman–Crippen MR) is 99.3 cm³/mol. The SMILES string of the molecule is FC(F)(F)c1ccc2c(NCCCNCC3CCCCC3)ccnc2c1. The summed E-state index contributed by atoms with van der Waals surface area (Å²) in [7, 11) is 0. The van der Waals surface area contributed by atoms with Gasteiger partial charge in [0.1, 0.15) is 0 Å². The molecule has 2 aromatic rings. The summed E-state index contributed by atoms with van der Waals surface area (Å²) < 4.78 is 38.5. The molecule has 6 heteroatoms. The molecule has 0 bridgehead atoms. The maximum absolute atomic E-state index is 12.8. The van der Waals surface area contributed by atoms with E-state index in [2.05, 4.69) is 15.6 Å². The second-order valence-corrected chi connectivity index (χ2v) is 7.08. The minimum absolute atomic E-state index is 0.361. The molecule has 1 saturated carbocycles. The monoisotopic (exact) mass is 365 g/mol. The van der Waals surface area contributed by atoms with E-state index in [9.17, 15) is 13.2 Å². The number of hydrogen-bond acceptors (Lipinski definition) is 3. The number of fused-ring (bicyclic) bond motifs is 1. The standard InChI is InChI=1S/C20H26F3N3/c21-20(22,23)16-7-8-17-18(9-12-26-19(17)13-16)25-11-4-10-24-14-15-5-2-1-3-6-15/h7-9,12-13,15,24H,1-6,10-11,14H2,(H,25,26). The van der Waals surface area contributed by atoms with E-state index >= 15 is 0 Å². The molecule has 1 heterocycles. The molecule has 0 saturated heterocycles. The highest BCUT2D eigenvalue weighted by Gasteiger charge is 2.30. The fourth-order valence-electron chi connectivity index (χ4n) is 3.61. The van der Waals surface area contributed by atoms with E-state index in [0.717, 1.165) is 55.2 Å². The summed E-state index contributed by atoms with van der Waals surface area (Å²) in [5.41, 5.74) is 0.526. The zero-order chi connectivity index (χ0) is 18.4. The van der Waals surface area contributed by atoms with Crippen molar-refractivity contribution in [1.82, 2.24) is 10.3 Å². The lowest BCUT2D eigenvalue weighted by atomic mass is 9.89. The summed E-state index contributed by atoms with van der Waals surface area (Å²) in [6.45, 7) is 2.82. The molecule has 0 aliphatic heterocycles. The summed E-state index contributed by atoms with van der Waals surface area (Å²) in [5.74, 6) is 0.823. The van der Waals surface area contributed by atoms with Gasteiger partial charge in [-0.1, -0.05) is 25.3 Å². The van der Waals surface area contributed by atoms with E-state index in [1.54, 1.807) is 6.20 Å². The van der Waals surface area contributed by atoms with Gasteiger partial charge in [-0.2, -0.15) is 13.2 Å². The van der Waals surface area contributed by atoms with Gasteiger partial charge in [-0.25, -0.2) is 0 Å². The van der Waals surface area contributed by atoms with Gasteiger partial charge in [-0.05, 0) is 56.5 Å². The van der Waals surface area contributed by atoms with Crippen LogP contribution >= 0.6 is 0 Å². The van der Waals surface area contributed by atoms with Crippen molar-refractivity contribution in [3.63, 3.8) is 0 Å². The fourth-order valence-corrected chi connectivity index (χ4v) is 3.61. The normalized spacial score (nSPS) is 16.1. The van der Waals surface area contributed by atoms with Crippen LogP contribution in [0.4, 0.5) is 18.9 Å². The largest absolute Gasteiger partial charge is 0.416 e. The number of alkyl halides is 3. The highest BCUT2D eigenvalue weighted by Crippen LogP contribution is 2.32. The number of rotatable bonds is 7. The summed E-state index contributed by atoms with van der Waals surface area (Å²) in [5, 5.41) is 7.57. The predicted octanol–water partition coefficient (Wildman–Crippen LogP) is 5.23. The maximum Gasteiger partial charge on any atom is 0.416 e. The highest BCUT2D eigenvalue weighted by molar-refractivity contribution is 5.91. The molecule has 0 atom stereocenters. The average Bonchev–Trinajstić information content (AvgIpc) is 2.64. The lowest BCUT2D eigenvalue weighted by Crippen LogP contribution is -2.26. The number of anilines is 1. The van der Waals surface area contributed by atoms with Crippen LogP contribution < -0.4 is 10.6 Å². The summed E-state index contributed by atoms with van der Waals surface area (Å²) in [6.07, 6.45) is 4.96. The Morgan fingerprint density at radius 1 is 1.04 bits per heavy atom. The Balaban J connectivity index is 1.48. The Bertz CT molecular complexity index is 709. The van der Waals surface area contributed by atoms with Crippen LogP contribution in [0, 0.1) is 5.92 Å². The van der Waals surface area contributed by atoms with Gasteiger partial charge in [0.2, 0.25) is 0 Å². The first-order chi connectivity index (χ1) is 12.5. The molecular weight excluding hydrogens is 339 g/mol. The van der Waals surface area contributed by atoms with Gasteiger partial charge in [0.15, 0.2) is 0 Å². The third-order valence-corrected chi connectivity index (χ3v) is 5.07. The first-order valence-corrected chi connectivity index (χ1v) is 9.44. The van der Waals surface area contributed by atoms with Crippen LogP contribution in [0.1, 0.15) is 44.1 Å². The molecule has 0 radical (unpaired) electrons. The third kappa shape index (κ3) is 5.10. The third-order valence-electron chi connectivity index (χ3n) is 5.07. The molecule has 3 nitrogen and oxygen atoms in total. The second-order valence-electron chi connectivity index (χ2n) is 7.08. The first kappa shape index (κ1) is 19.0. The molecule has 1 aromatic carbocycles. The minimum atomic E-state index is -4.34. The van der Waals surface area contributed by atoms with E-state index in [1.165, 1.54) is 38.2 Å². The van der Waals surface area contributed by atoms with Crippen molar-refractivity contribution in [3.05, 3.63) is 36.0 Å². The highest BCUT2D eigenvalue weighted by atomic mass is 19.4. The Morgan fingerprint density at radius 2 is 1.85 bits per heavy atom. The molecule has 0 unspecified atom stereocenters. The fraction of sp³-hybridized carbons (Fsp3) is 0.550. The average molecular weight is 365 g/mol. The quantitative estimate of drug-likeness (QED) is 0.660. The molecule has 3 rings (SSSR count). The van der Waals surface area contributed by atoms with E-state index in [4.69, 9.17) is 0 Å². The van der Waals surface area contributed by atoms with Gasteiger partial charge in [-0.3, -0.25) is 4.98 Å². The van der Waals surface area contributed by atoms with Gasteiger partial charge in [0, 0.05) is 23.8 Å². The number of benzene rings is 1. The molecule has 1 aliphatic carbocycles. The lowest BCUT2D eigenvalue weighted by molar-refractivity contribution is -0.137. The van der Waals surface area contributed by atoms with E-state index < -0.39 is 11.7 Å². The Kier molecular flexibility index (Phi) is 6.35. The summed E-state index contributed by atoms with van der Waals surface area (Å²) >= 11 is 0. The zero-order valence-electron chi connectivity index (χ0n) is 14.9. The number of hydrogen-bond donors (Lipinski definition) is 2. The van der Waals surface area contributed by atoms with Crippen LogP contribution in [0.15, 0.2) is 30.5 Å². The van der Waals surface area contributed by atoms with Gasteiger partial charge in [-0.15, -0.1) is 0 Å². The number of aromatic nitrogens is 1. The minimum Gasteiger partial charge on any atom is -0.384 e. The lowest BCUT2D eigenvalue weighted by Gasteiger charge is -2.21. The molecule has 0 spiro atoms. The summed E-state index contributed by atoms with van der Waals surface area (Å²) in [4.78, 5) is 4.07. The number of nitrogens with zero attached hydrogens (tertiary/aromatic N) is 1. The van der Waals surface area contributed by atoms with Crippen molar-refractivity contribution in [2.24, 2.45) is 5.92 Å². The summed E-state index contributed by atoms with van der Waals surface area (Å²) in [6, 6.07) is 5.52. The van der Waals surface area contributed by atoms with Crippen molar-refractivity contribution >= 4 is 16.6 Å². The van der Waals surface area contributed by atoms with Crippen LogP contribution in [0.5, 0.6) is 0 Å². The number of pyridine rings is 1. The molecule has 0 amide bonds. The van der Waals surface area contributed by atoms with Gasteiger partial charge < -0.3 is 10.6 Å². The molecule has 1 aromatic heterocycles. The first-order valence-electron chi connectivity index (χ1n) is 9.44. The molecule has 1 aliphatic rings. The van der Waals surface area contributed by atoms with Crippen LogP contribution in [0.25, 0.3) is 10.9 Å². The van der Waals surface area contributed by atoms with Crippen LogP contribution in [0.3, 0.4) is 0 Å². The van der Waals surface area contributed by atoms with Crippen molar-refractivity contribution < 1.29 is 13.2 Å². The molecule has 142 valence electrons. The topological polar surface area (TPSA) is 37.0 Å². The maximum atomic E-state index is 12.8. The van der Waals surface area contributed by atoms with Crippen molar-refractivity contribution in [1.29, 1.82) is 0 Å². The molecule has 1 fully saturated rings. The van der Waals surface area contributed by atoms with Gasteiger partial charge in [0.25, 0.3) is 0 Å². The number of halogens is 3. The second kappa shape index (κ2) is 8.71. The van der Waals surface area contributed by atoms with Crippen LogP contribution in [0.2, 0.25) is 0 Å². The van der Waals surface area contributed by atoms with E-state index in [1.807, 2.05) is 6.07 Å². The Labute approximate surface area is 152 Å². The van der Waals surface area contributed by atoms with E-state index in [-0.39, 0.29) is 0 Å². The van der Waals surface area contributed by atoms with Crippen molar-refractivity contribution in [2.45, 2.75) is 44.7 Å². The van der Waals surface area contributed by atoms with Crippen molar-refractivity contribution in [2.75, 3.05) is 25.0 Å². The van der Waals surface area contributed by atoms with Crippen molar-refractivity contribution in [3.8, 4) is 0 Å². The Morgan fingerprint density at radius 3 is 2.62 bits per heavy atom. The van der Waals surface area contributed by atoms with Crippen LogP contribution in [-0.2, 0) is 6.18 Å². The van der Waals surface area contributed by atoms with Gasteiger partial charge >= 0.3 is 6.18 Å². The zero-order valence-corrected chi connectivity index (χ0v) is 14.9. The van der Waals surface area contributed by atoms with E-state index in [0.29, 0.717) is 5.52 Å². The van der Waals surface area contributed by atoms with Crippen LogP contribution in [-0.4, -0.2) is 24.6 Å². The molecule has 2 N–H and O–H groups in total. The smallest absolute Gasteiger partial charge is 0.384 e. The number of nitrogens with one attached hydrogen (secondary N) is 2. The molecular formula is C20H26F3N3. The molecule has 26 heavy (non-hydrogen) atoms. The van der Waals surface area contributed by atoms with Gasteiger partial charge in [0.05, 0.1) is 11.1 Å². The Hall–Kier alpha value is -1.82.